The Morgan fingerprint density at radius 2 is 1.89 bits per heavy atom. The topological polar surface area (TPSA) is 121 Å². The summed E-state index contributed by atoms with van der Waals surface area (Å²) < 4.78 is 5.36. The lowest BCUT2D eigenvalue weighted by Crippen LogP contribution is -2.58. The van der Waals surface area contributed by atoms with Crippen LogP contribution in [-0.4, -0.2) is 70.2 Å². The van der Waals surface area contributed by atoms with E-state index in [-0.39, 0.29) is 31.6 Å². The number of ether oxygens (including phenoxy) is 1. The van der Waals surface area contributed by atoms with Crippen molar-refractivity contribution < 1.29 is 24.2 Å². The summed E-state index contributed by atoms with van der Waals surface area (Å²) in [6.07, 6.45) is -0.797. The number of thiazole rings is 1. The molecular weight excluding hydrogens is 492 g/mol. The number of hydrogen-bond donors (Lipinski definition) is 3. The van der Waals surface area contributed by atoms with Crippen LogP contribution < -0.4 is 10.6 Å². The minimum Gasteiger partial charge on any atom is -0.391 e. The molecule has 3 rings (SSSR count). The zero-order valence-corrected chi connectivity index (χ0v) is 23.2. The van der Waals surface area contributed by atoms with Crippen molar-refractivity contribution in [3.05, 3.63) is 41.0 Å². The predicted molar refractivity (Wildman–Crippen MR) is 143 cm³/mol. The summed E-state index contributed by atoms with van der Waals surface area (Å²) in [7, 11) is 0. The molecule has 0 aliphatic carbocycles. The smallest absolute Gasteiger partial charge is 0.246 e. The highest BCUT2D eigenvalue weighted by molar-refractivity contribution is 7.13. The Kier molecular flexibility index (Phi) is 9.44. The van der Waals surface area contributed by atoms with Gasteiger partial charge >= 0.3 is 0 Å². The molecule has 2 aromatic rings. The Morgan fingerprint density at radius 1 is 1.22 bits per heavy atom. The van der Waals surface area contributed by atoms with E-state index in [1.807, 2.05) is 71.3 Å². The van der Waals surface area contributed by atoms with Crippen molar-refractivity contribution >= 4 is 29.1 Å². The highest BCUT2D eigenvalue weighted by Gasteiger charge is 2.44. The quantitative estimate of drug-likeness (QED) is 0.458. The summed E-state index contributed by atoms with van der Waals surface area (Å²) in [6, 6.07) is 6.19. The highest BCUT2D eigenvalue weighted by Crippen LogP contribution is 2.28. The molecule has 1 unspecified atom stereocenters. The minimum atomic E-state index is -0.876. The van der Waals surface area contributed by atoms with Gasteiger partial charge in [-0.05, 0) is 37.3 Å². The average Bonchev–Trinajstić information content (AvgIpc) is 3.44. The Bertz CT molecular complexity index is 1090. The molecule has 0 spiro atoms. The Hall–Kier alpha value is -2.82. The molecule has 0 bridgehead atoms. The van der Waals surface area contributed by atoms with Crippen LogP contribution in [0.1, 0.15) is 52.3 Å². The lowest BCUT2D eigenvalue weighted by atomic mass is 9.85. The van der Waals surface area contributed by atoms with Gasteiger partial charge in [-0.3, -0.25) is 14.4 Å². The van der Waals surface area contributed by atoms with Crippen LogP contribution in [0, 0.1) is 12.3 Å². The van der Waals surface area contributed by atoms with Crippen molar-refractivity contribution in [2.75, 3.05) is 13.2 Å². The molecular formula is C27H38N4O5S. The van der Waals surface area contributed by atoms with Gasteiger partial charge in [-0.25, -0.2) is 4.98 Å². The van der Waals surface area contributed by atoms with E-state index in [9.17, 15) is 19.5 Å². The van der Waals surface area contributed by atoms with Gasteiger partial charge in [0.1, 0.15) is 18.7 Å². The maximum absolute atomic E-state index is 13.6. The van der Waals surface area contributed by atoms with E-state index in [2.05, 4.69) is 15.6 Å². The van der Waals surface area contributed by atoms with Crippen molar-refractivity contribution in [3.8, 4) is 10.4 Å². The van der Waals surface area contributed by atoms with Crippen LogP contribution in [0.3, 0.4) is 0 Å². The number of aromatic nitrogens is 1. The fourth-order valence-corrected chi connectivity index (χ4v) is 5.04. The normalized spacial score (nSPS) is 18.6. The van der Waals surface area contributed by atoms with Gasteiger partial charge in [0.05, 0.1) is 28.3 Å². The Labute approximate surface area is 222 Å². The molecule has 0 saturated carbocycles. The van der Waals surface area contributed by atoms with E-state index in [0.717, 1.165) is 21.7 Å². The Morgan fingerprint density at radius 3 is 2.46 bits per heavy atom. The third-order valence-corrected chi connectivity index (χ3v) is 7.24. The number of carbonyl (C=O) groups excluding carboxylic acids is 3. The van der Waals surface area contributed by atoms with Gasteiger partial charge < -0.3 is 25.4 Å². The summed E-state index contributed by atoms with van der Waals surface area (Å²) in [5, 5.41) is 16.0. The number of nitrogens with zero attached hydrogens (tertiary/aromatic N) is 2. The van der Waals surface area contributed by atoms with Crippen LogP contribution in [0.4, 0.5) is 0 Å². The second-order valence-corrected chi connectivity index (χ2v) is 11.7. The third kappa shape index (κ3) is 7.59. The lowest BCUT2D eigenvalue weighted by Gasteiger charge is -2.35. The van der Waals surface area contributed by atoms with E-state index in [1.54, 1.807) is 11.3 Å². The SMILES string of the molecule is Cc1ncsc1-c1ccc(CNC(=O)[C@@H]2C[C@@H](O)CN2C(=O)C(NC(=O)COC(C)C)C(C)(C)C)cc1. The van der Waals surface area contributed by atoms with Crippen LogP contribution in [0.25, 0.3) is 10.4 Å². The molecule has 1 fully saturated rings. The molecule has 10 heteroatoms. The molecule has 2 heterocycles. The van der Waals surface area contributed by atoms with Crippen LogP contribution in [0.15, 0.2) is 29.8 Å². The van der Waals surface area contributed by atoms with Gasteiger partial charge in [-0.1, -0.05) is 45.0 Å². The predicted octanol–water partition coefficient (Wildman–Crippen LogP) is 2.65. The second-order valence-electron chi connectivity index (χ2n) is 10.8. The molecule has 3 atom stereocenters. The Balaban J connectivity index is 1.66. The highest BCUT2D eigenvalue weighted by atomic mass is 32.1. The molecule has 1 aliphatic rings. The van der Waals surface area contributed by atoms with Crippen molar-refractivity contribution in [1.29, 1.82) is 0 Å². The number of benzene rings is 1. The van der Waals surface area contributed by atoms with Gasteiger partial charge in [-0.15, -0.1) is 11.3 Å². The summed E-state index contributed by atoms with van der Waals surface area (Å²) in [5.74, 6) is -1.14. The second kappa shape index (κ2) is 12.1. The van der Waals surface area contributed by atoms with Crippen LogP contribution >= 0.6 is 11.3 Å². The van der Waals surface area contributed by atoms with Crippen molar-refractivity contribution in [1.82, 2.24) is 20.5 Å². The van der Waals surface area contributed by atoms with E-state index < -0.39 is 35.4 Å². The van der Waals surface area contributed by atoms with Crippen LogP contribution in [0.5, 0.6) is 0 Å². The van der Waals surface area contributed by atoms with Gasteiger partial charge in [0.2, 0.25) is 17.7 Å². The van der Waals surface area contributed by atoms with Crippen LogP contribution in [-0.2, 0) is 25.7 Å². The first-order valence-corrected chi connectivity index (χ1v) is 13.4. The first-order chi connectivity index (χ1) is 17.4. The first kappa shape index (κ1) is 28.7. The number of aliphatic hydroxyl groups excluding tert-OH is 1. The average molecular weight is 531 g/mol. The maximum Gasteiger partial charge on any atom is 0.246 e. The molecule has 202 valence electrons. The van der Waals surface area contributed by atoms with E-state index in [1.165, 1.54) is 4.90 Å². The fourth-order valence-electron chi connectivity index (χ4n) is 4.23. The van der Waals surface area contributed by atoms with Crippen molar-refractivity contribution in [3.63, 3.8) is 0 Å². The number of carbonyl (C=O) groups is 3. The molecule has 1 aliphatic heterocycles. The molecule has 9 nitrogen and oxygen atoms in total. The molecule has 37 heavy (non-hydrogen) atoms. The number of nitrogens with one attached hydrogen (secondary N) is 2. The molecule has 3 N–H and O–H groups in total. The number of aryl methyl sites for hydroxylation is 1. The number of amides is 3. The van der Waals surface area contributed by atoms with Gasteiger partial charge in [0.15, 0.2) is 0 Å². The van der Waals surface area contributed by atoms with E-state index >= 15 is 0 Å². The summed E-state index contributed by atoms with van der Waals surface area (Å²) in [4.78, 5) is 45.9. The van der Waals surface area contributed by atoms with Crippen molar-refractivity contribution in [2.45, 2.75) is 78.8 Å². The maximum atomic E-state index is 13.6. The van der Waals surface area contributed by atoms with Gasteiger partial charge in [0, 0.05) is 19.5 Å². The number of hydrogen-bond acceptors (Lipinski definition) is 7. The lowest BCUT2D eigenvalue weighted by molar-refractivity contribution is -0.144. The summed E-state index contributed by atoms with van der Waals surface area (Å²) >= 11 is 1.58. The molecule has 0 radical (unpaired) electrons. The number of likely N-dealkylation sites (tertiary alicyclic amines) is 1. The molecule has 1 saturated heterocycles. The van der Waals surface area contributed by atoms with Crippen LogP contribution in [0.2, 0.25) is 0 Å². The van der Waals surface area contributed by atoms with E-state index in [0.29, 0.717) is 6.54 Å². The minimum absolute atomic E-state index is 0.0325. The molecule has 3 amide bonds. The van der Waals surface area contributed by atoms with E-state index in [4.69, 9.17) is 4.74 Å². The zero-order valence-electron chi connectivity index (χ0n) is 22.4. The standard InChI is InChI=1S/C27H38N4O5S/c1-16(2)36-14-22(33)30-24(27(4,5)6)26(35)31-13-20(32)11-21(31)25(34)28-12-18-7-9-19(10-8-18)23-17(3)29-15-37-23/h7-10,15-16,20-21,24,32H,11-14H2,1-6H3,(H,28,34)(H,30,33)/t20-,21+,24?/m1/s1. The number of rotatable bonds is 9. The first-order valence-electron chi connectivity index (χ1n) is 12.5. The van der Waals surface area contributed by atoms with Gasteiger partial charge in [-0.2, -0.15) is 0 Å². The summed E-state index contributed by atoms with van der Waals surface area (Å²) in [5.41, 5.74) is 4.17. The number of aliphatic hydroxyl groups is 1. The van der Waals surface area contributed by atoms with Gasteiger partial charge in [0.25, 0.3) is 0 Å². The zero-order chi connectivity index (χ0) is 27.3. The fraction of sp³-hybridized carbons (Fsp3) is 0.556. The number of β-amino-alcohol motifs (C(OH)–C–C–N with tert-alkyl or cyclic N) is 1. The monoisotopic (exact) mass is 530 g/mol. The third-order valence-electron chi connectivity index (χ3n) is 6.26. The molecule has 1 aromatic heterocycles. The van der Waals surface area contributed by atoms with Crippen molar-refractivity contribution in [2.24, 2.45) is 5.41 Å². The summed E-state index contributed by atoms with van der Waals surface area (Å²) in [6.45, 7) is 11.3. The molecule has 1 aromatic carbocycles. The largest absolute Gasteiger partial charge is 0.391 e.